The zero-order valence-electron chi connectivity index (χ0n) is 15.8. The Kier molecular flexibility index (Phi) is 9.84. The van der Waals surface area contributed by atoms with E-state index in [0.717, 1.165) is 36.1 Å². The number of halogens is 1. The van der Waals surface area contributed by atoms with Gasteiger partial charge in [0.05, 0.1) is 12.2 Å². The lowest BCUT2D eigenvalue weighted by Gasteiger charge is -2.11. The third-order valence-corrected chi connectivity index (χ3v) is 4.80. The average molecular weight is 508 g/mol. The van der Waals surface area contributed by atoms with E-state index in [4.69, 9.17) is 0 Å². The molecular weight excluding hydrogens is 483 g/mol. The lowest BCUT2D eigenvalue weighted by Crippen LogP contribution is -2.38. The number of aliphatic imine (C=N–C) groups is 1. The minimum atomic E-state index is 0. The molecule has 1 aromatic heterocycles. The predicted molar refractivity (Wildman–Crippen MR) is 127 cm³/mol. The highest BCUT2D eigenvalue weighted by Crippen LogP contribution is 2.15. The van der Waals surface area contributed by atoms with Gasteiger partial charge in [-0.15, -0.1) is 35.7 Å². The minimum absolute atomic E-state index is 0. The highest BCUT2D eigenvalue weighted by molar-refractivity contribution is 14.0. The molecule has 3 rings (SSSR count). The zero-order valence-corrected chi connectivity index (χ0v) is 18.9. The van der Waals surface area contributed by atoms with Gasteiger partial charge in [0, 0.05) is 23.7 Å². The number of hydrogen-bond acceptors (Lipinski definition) is 4. The van der Waals surface area contributed by atoms with Gasteiger partial charge < -0.3 is 10.6 Å². The van der Waals surface area contributed by atoms with Crippen molar-refractivity contribution < 1.29 is 0 Å². The van der Waals surface area contributed by atoms with Crippen molar-refractivity contribution in [2.45, 2.75) is 18.4 Å². The Morgan fingerprint density at radius 2 is 1.86 bits per heavy atom. The summed E-state index contributed by atoms with van der Waals surface area (Å²) in [5, 5.41) is 10.8. The van der Waals surface area contributed by atoms with Gasteiger partial charge in [-0.2, -0.15) is 5.10 Å². The van der Waals surface area contributed by atoms with Crippen LogP contribution in [0.25, 0.3) is 5.69 Å². The molecule has 28 heavy (non-hydrogen) atoms. The van der Waals surface area contributed by atoms with Crippen LogP contribution in [0, 0.1) is 0 Å². The highest BCUT2D eigenvalue weighted by atomic mass is 127. The van der Waals surface area contributed by atoms with Crippen LogP contribution in [-0.4, -0.2) is 39.6 Å². The molecule has 0 radical (unpaired) electrons. The first kappa shape index (κ1) is 22.2. The molecule has 8 heteroatoms. The second kappa shape index (κ2) is 12.4. The van der Waals surface area contributed by atoms with Crippen molar-refractivity contribution in [2.75, 3.05) is 18.8 Å². The van der Waals surface area contributed by atoms with E-state index >= 15 is 0 Å². The molecule has 0 aliphatic heterocycles. The van der Waals surface area contributed by atoms with Crippen LogP contribution >= 0.6 is 35.7 Å². The van der Waals surface area contributed by atoms with Gasteiger partial charge in [-0.3, -0.25) is 0 Å². The third kappa shape index (κ3) is 7.16. The summed E-state index contributed by atoms with van der Waals surface area (Å²) in [6.07, 6.45) is 3.22. The first-order valence-corrected chi connectivity index (χ1v) is 9.97. The lowest BCUT2D eigenvalue weighted by molar-refractivity contribution is 0.842. The van der Waals surface area contributed by atoms with Gasteiger partial charge in [0.2, 0.25) is 0 Å². The van der Waals surface area contributed by atoms with E-state index in [9.17, 15) is 0 Å². The van der Waals surface area contributed by atoms with E-state index in [1.807, 2.05) is 30.0 Å². The molecule has 0 amide bonds. The summed E-state index contributed by atoms with van der Waals surface area (Å²) in [6.45, 7) is 4.39. The Morgan fingerprint density at radius 3 is 2.54 bits per heavy atom. The molecule has 148 valence electrons. The smallest absolute Gasteiger partial charge is 0.191 e. The molecule has 0 saturated carbocycles. The molecule has 2 aromatic carbocycles. The molecule has 0 atom stereocenters. The Labute approximate surface area is 187 Å². The summed E-state index contributed by atoms with van der Waals surface area (Å²) in [4.78, 5) is 9.92. The van der Waals surface area contributed by atoms with Crippen LogP contribution in [0.1, 0.15) is 12.5 Å². The van der Waals surface area contributed by atoms with Crippen LogP contribution in [-0.2, 0) is 6.54 Å². The van der Waals surface area contributed by atoms with E-state index in [0.29, 0.717) is 6.54 Å². The van der Waals surface area contributed by atoms with Gasteiger partial charge in [-0.05, 0) is 36.8 Å². The van der Waals surface area contributed by atoms with E-state index in [1.54, 1.807) is 11.0 Å². The molecule has 0 unspecified atom stereocenters. The van der Waals surface area contributed by atoms with Crippen molar-refractivity contribution in [3.05, 3.63) is 72.8 Å². The molecule has 0 saturated heterocycles. The van der Waals surface area contributed by atoms with Crippen LogP contribution < -0.4 is 10.6 Å². The van der Waals surface area contributed by atoms with Gasteiger partial charge in [0.25, 0.3) is 0 Å². The number of rotatable bonds is 8. The fraction of sp³-hybridized carbons (Fsp3) is 0.250. The monoisotopic (exact) mass is 508 g/mol. The molecule has 0 spiro atoms. The Bertz CT molecular complexity index is 822. The number of guanidine groups is 1. The topological polar surface area (TPSA) is 67.1 Å². The molecule has 2 N–H and O–H groups in total. The van der Waals surface area contributed by atoms with E-state index in [2.05, 4.69) is 69.0 Å². The Morgan fingerprint density at radius 1 is 1.07 bits per heavy atom. The molecule has 0 aliphatic carbocycles. The van der Waals surface area contributed by atoms with Crippen molar-refractivity contribution in [1.82, 2.24) is 25.4 Å². The number of hydrogen-bond donors (Lipinski definition) is 2. The maximum absolute atomic E-state index is 4.67. The van der Waals surface area contributed by atoms with Crippen molar-refractivity contribution in [3.63, 3.8) is 0 Å². The van der Waals surface area contributed by atoms with Gasteiger partial charge in [0.15, 0.2) is 5.96 Å². The van der Waals surface area contributed by atoms with Crippen molar-refractivity contribution in [1.29, 1.82) is 0 Å². The van der Waals surface area contributed by atoms with Crippen molar-refractivity contribution >= 4 is 41.7 Å². The van der Waals surface area contributed by atoms with E-state index in [-0.39, 0.29) is 24.0 Å². The van der Waals surface area contributed by atoms with Gasteiger partial charge in [-0.25, -0.2) is 14.7 Å². The molecule has 0 bridgehead atoms. The summed E-state index contributed by atoms with van der Waals surface area (Å²) in [5.41, 5.74) is 2.14. The van der Waals surface area contributed by atoms with Gasteiger partial charge in [0.1, 0.15) is 12.7 Å². The number of aromatic nitrogens is 3. The zero-order chi connectivity index (χ0) is 18.7. The van der Waals surface area contributed by atoms with Crippen LogP contribution in [0.3, 0.4) is 0 Å². The fourth-order valence-electron chi connectivity index (χ4n) is 2.46. The molecule has 6 nitrogen and oxygen atoms in total. The maximum Gasteiger partial charge on any atom is 0.191 e. The third-order valence-electron chi connectivity index (χ3n) is 3.79. The Hall–Kier alpha value is -2.07. The lowest BCUT2D eigenvalue weighted by atomic mass is 10.2. The highest BCUT2D eigenvalue weighted by Gasteiger charge is 2.00. The van der Waals surface area contributed by atoms with Crippen LogP contribution in [0.15, 0.2) is 77.1 Å². The summed E-state index contributed by atoms with van der Waals surface area (Å²) >= 11 is 1.84. The summed E-state index contributed by atoms with van der Waals surface area (Å²) < 4.78 is 1.74. The number of nitrogens with zero attached hydrogens (tertiary/aromatic N) is 4. The maximum atomic E-state index is 4.67. The summed E-state index contributed by atoms with van der Waals surface area (Å²) in [7, 11) is 0. The SMILES string of the molecule is CCNC(=NCc1ccc(-n2cncn2)cc1)NCCSc1ccccc1.I. The second-order valence-corrected chi connectivity index (χ2v) is 6.96. The molecule has 0 fully saturated rings. The largest absolute Gasteiger partial charge is 0.357 e. The van der Waals surface area contributed by atoms with E-state index in [1.165, 1.54) is 11.2 Å². The molecule has 3 aromatic rings. The molecular formula is C20H25IN6S. The first-order chi connectivity index (χ1) is 13.3. The van der Waals surface area contributed by atoms with Crippen LogP contribution in [0.5, 0.6) is 0 Å². The first-order valence-electron chi connectivity index (χ1n) is 8.99. The number of benzene rings is 2. The van der Waals surface area contributed by atoms with E-state index < -0.39 is 0 Å². The standard InChI is InChI=1S/C20H24N6S.HI/c1-2-22-20(23-12-13-27-19-6-4-3-5-7-19)24-14-17-8-10-18(11-9-17)26-16-21-15-25-26;/h3-11,15-16H,2,12-14H2,1H3,(H2,22,23,24);1H. The summed E-state index contributed by atoms with van der Waals surface area (Å²) in [6, 6.07) is 18.6. The normalized spacial score (nSPS) is 11.0. The number of nitrogens with one attached hydrogen (secondary N) is 2. The second-order valence-electron chi connectivity index (χ2n) is 5.79. The van der Waals surface area contributed by atoms with Crippen LogP contribution in [0.4, 0.5) is 0 Å². The number of thioether (sulfide) groups is 1. The van der Waals surface area contributed by atoms with Gasteiger partial charge >= 0.3 is 0 Å². The van der Waals surface area contributed by atoms with Crippen LogP contribution in [0.2, 0.25) is 0 Å². The minimum Gasteiger partial charge on any atom is -0.357 e. The average Bonchev–Trinajstić information content (AvgIpc) is 3.25. The fourth-order valence-corrected chi connectivity index (χ4v) is 3.25. The molecule has 1 heterocycles. The predicted octanol–water partition coefficient (Wildman–Crippen LogP) is 3.73. The quantitative estimate of drug-likeness (QED) is 0.160. The molecule has 0 aliphatic rings. The van der Waals surface area contributed by atoms with Crippen molar-refractivity contribution in [2.24, 2.45) is 4.99 Å². The Balaban J connectivity index is 0.00000280. The van der Waals surface area contributed by atoms with Crippen molar-refractivity contribution in [3.8, 4) is 5.69 Å². The van der Waals surface area contributed by atoms with Gasteiger partial charge in [-0.1, -0.05) is 30.3 Å². The summed E-state index contributed by atoms with van der Waals surface area (Å²) in [5.74, 6) is 1.83.